The standard InChI is InChI=1S/C14H22ClNOS/c1-3-13(16)14(18-10(2)7-8-17)11-5-4-6-12(15)9-11/h4-6,9-10,13-14,17H,3,7-8,16H2,1-2H3. The highest BCUT2D eigenvalue weighted by Gasteiger charge is 2.21. The summed E-state index contributed by atoms with van der Waals surface area (Å²) in [5, 5.41) is 10.4. The van der Waals surface area contributed by atoms with Gasteiger partial charge in [-0.2, -0.15) is 0 Å². The molecular weight excluding hydrogens is 266 g/mol. The van der Waals surface area contributed by atoms with Crippen LogP contribution in [-0.2, 0) is 0 Å². The Morgan fingerprint density at radius 3 is 2.72 bits per heavy atom. The molecular formula is C14H22ClNOS. The van der Waals surface area contributed by atoms with Gasteiger partial charge in [0.1, 0.15) is 0 Å². The van der Waals surface area contributed by atoms with Crippen LogP contribution in [0, 0.1) is 0 Å². The molecule has 0 bridgehead atoms. The summed E-state index contributed by atoms with van der Waals surface area (Å²) in [5.41, 5.74) is 7.39. The van der Waals surface area contributed by atoms with E-state index >= 15 is 0 Å². The average Bonchev–Trinajstić information content (AvgIpc) is 2.35. The van der Waals surface area contributed by atoms with Gasteiger partial charge in [-0.3, -0.25) is 0 Å². The van der Waals surface area contributed by atoms with E-state index < -0.39 is 0 Å². The largest absolute Gasteiger partial charge is 0.396 e. The molecule has 1 aromatic rings. The van der Waals surface area contributed by atoms with Crippen molar-refractivity contribution in [3.8, 4) is 0 Å². The van der Waals surface area contributed by atoms with E-state index in [1.165, 1.54) is 5.56 Å². The van der Waals surface area contributed by atoms with Crippen molar-refractivity contribution in [3.05, 3.63) is 34.9 Å². The predicted molar refractivity (Wildman–Crippen MR) is 81.2 cm³/mol. The zero-order valence-corrected chi connectivity index (χ0v) is 12.5. The summed E-state index contributed by atoms with van der Waals surface area (Å²) < 4.78 is 0. The average molecular weight is 288 g/mol. The first-order valence-corrected chi connectivity index (χ1v) is 7.68. The number of thioether (sulfide) groups is 1. The normalized spacial score (nSPS) is 16.3. The van der Waals surface area contributed by atoms with Crippen LogP contribution in [-0.4, -0.2) is 23.0 Å². The molecule has 1 aromatic carbocycles. The lowest BCUT2D eigenvalue weighted by molar-refractivity contribution is 0.288. The molecule has 0 saturated carbocycles. The highest BCUT2D eigenvalue weighted by molar-refractivity contribution is 8.00. The molecule has 3 unspecified atom stereocenters. The summed E-state index contributed by atoms with van der Waals surface area (Å²) in [4.78, 5) is 0. The van der Waals surface area contributed by atoms with Gasteiger partial charge < -0.3 is 10.8 Å². The molecule has 0 aliphatic rings. The van der Waals surface area contributed by atoms with Crippen LogP contribution in [0.1, 0.15) is 37.5 Å². The van der Waals surface area contributed by atoms with Crippen LogP contribution >= 0.6 is 23.4 Å². The summed E-state index contributed by atoms with van der Waals surface area (Å²) in [6.07, 6.45) is 1.72. The van der Waals surface area contributed by atoms with E-state index in [0.29, 0.717) is 5.25 Å². The fraction of sp³-hybridized carbons (Fsp3) is 0.571. The lowest BCUT2D eigenvalue weighted by atomic mass is 10.0. The lowest BCUT2D eigenvalue weighted by Crippen LogP contribution is -2.27. The second-order valence-electron chi connectivity index (χ2n) is 4.51. The minimum absolute atomic E-state index is 0.106. The van der Waals surface area contributed by atoms with Crippen molar-refractivity contribution in [3.63, 3.8) is 0 Å². The van der Waals surface area contributed by atoms with Gasteiger partial charge in [0.2, 0.25) is 0 Å². The molecule has 0 aromatic heterocycles. The molecule has 0 fully saturated rings. The number of aliphatic hydroxyl groups is 1. The second-order valence-corrected chi connectivity index (χ2v) is 6.53. The van der Waals surface area contributed by atoms with Crippen molar-refractivity contribution in [2.75, 3.05) is 6.61 Å². The Hall–Kier alpha value is -0.220. The Morgan fingerprint density at radius 2 is 2.17 bits per heavy atom. The van der Waals surface area contributed by atoms with E-state index in [9.17, 15) is 0 Å². The molecule has 0 saturated heterocycles. The lowest BCUT2D eigenvalue weighted by Gasteiger charge is -2.26. The van der Waals surface area contributed by atoms with Gasteiger partial charge in [0, 0.05) is 28.2 Å². The van der Waals surface area contributed by atoms with Crippen LogP contribution in [0.2, 0.25) is 5.02 Å². The van der Waals surface area contributed by atoms with Crippen molar-refractivity contribution in [2.24, 2.45) is 5.73 Å². The van der Waals surface area contributed by atoms with Crippen molar-refractivity contribution in [1.82, 2.24) is 0 Å². The van der Waals surface area contributed by atoms with Gasteiger partial charge in [-0.1, -0.05) is 37.6 Å². The van der Waals surface area contributed by atoms with Crippen LogP contribution in [0.15, 0.2) is 24.3 Å². The third kappa shape index (κ3) is 4.81. The molecule has 18 heavy (non-hydrogen) atoms. The maximum Gasteiger partial charge on any atom is 0.0451 e. The summed E-state index contributed by atoms with van der Waals surface area (Å²) in [5.74, 6) is 0. The Kier molecular flexibility index (Phi) is 7.08. The molecule has 0 radical (unpaired) electrons. The number of hydrogen-bond donors (Lipinski definition) is 2. The molecule has 3 atom stereocenters. The van der Waals surface area contributed by atoms with Gasteiger partial charge in [-0.05, 0) is 30.5 Å². The maximum absolute atomic E-state index is 8.99. The third-order valence-corrected chi connectivity index (χ3v) is 4.80. The van der Waals surface area contributed by atoms with Gasteiger partial charge in [-0.15, -0.1) is 11.8 Å². The topological polar surface area (TPSA) is 46.2 Å². The van der Waals surface area contributed by atoms with E-state index in [2.05, 4.69) is 19.9 Å². The number of nitrogens with two attached hydrogens (primary N) is 1. The number of halogens is 1. The van der Waals surface area contributed by atoms with Crippen molar-refractivity contribution < 1.29 is 5.11 Å². The van der Waals surface area contributed by atoms with Crippen LogP contribution < -0.4 is 5.73 Å². The second kappa shape index (κ2) is 8.05. The van der Waals surface area contributed by atoms with Gasteiger partial charge in [0.25, 0.3) is 0 Å². The fourth-order valence-corrected chi connectivity index (χ4v) is 3.46. The van der Waals surface area contributed by atoms with E-state index in [0.717, 1.165) is 17.9 Å². The van der Waals surface area contributed by atoms with Crippen molar-refractivity contribution >= 4 is 23.4 Å². The van der Waals surface area contributed by atoms with Gasteiger partial charge in [-0.25, -0.2) is 0 Å². The molecule has 0 heterocycles. The highest BCUT2D eigenvalue weighted by atomic mass is 35.5. The first kappa shape index (κ1) is 15.8. The van der Waals surface area contributed by atoms with Crippen molar-refractivity contribution in [1.29, 1.82) is 0 Å². The van der Waals surface area contributed by atoms with E-state index in [4.69, 9.17) is 22.4 Å². The number of benzene rings is 1. The Labute approximate surface area is 119 Å². The quantitative estimate of drug-likeness (QED) is 0.805. The van der Waals surface area contributed by atoms with Crippen LogP contribution in [0.5, 0.6) is 0 Å². The van der Waals surface area contributed by atoms with E-state index in [1.54, 1.807) is 0 Å². The molecule has 0 aliphatic heterocycles. The molecule has 2 nitrogen and oxygen atoms in total. The van der Waals surface area contributed by atoms with E-state index in [-0.39, 0.29) is 17.9 Å². The number of hydrogen-bond acceptors (Lipinski definition) is 3. The van der Waals surface area contributed by atoms with Crippen LogP contribution in [0.25, 0.3) is 0 Å². The zero-order valence-electron chi connectivity index (χ0n) is 11.0. The third-order valence-electron chi connectivity index (χ3n) is 2.95. The molecule has 0 amide bonds. The summed E-state index contributed by atoms with van der Waals surface area (Å²) in [6.45, 7) is 4.44. The minimum Gasteiger partial charge on any atom is -0.396 e. The highest BCUT2D eigenvalue weighted by Crippen LogP contribution is 2.37. The molecule has 4 heteroatoms. The first-order valence-electron chi connectivity index (χ1n) is 6.35. The summed E-state index contributed by atoms with van der Waals surface area (Å²) >= 11 is 7.86. The summed E-state index contributed by atoms with van der Waals surface area (Å²) in [7, 11) is 0. The molecule has 3 N–H and O–H groups in total. The van der Waals surface area contributed by atoms with Crippen LogP contribution in [0.3, 0.4) is 0 Å². The molecule has 0 aliphatic carbocycles. The Bertz CT molecular complexity index is 361. The van der Waals surface area contributed by atoms with Crippen molar-refractivity contribution in [2.45, 2.75) is 43.2 Å². The Balaban J connectivity index is 2.84. The number of aliphatic hydroxyl groups excluding tert-OH is 1. The maximum atomic E-state index is 8.99. The first-order chi connectivity index (χ1) is 8.58. The molecule has 0 spiro atoms. The smallest absolute Gasteiger partial charge is 0.0451 e. The van der Waals surface area contributed by atoms with Gasteiger partial charge in [0.15, 0.2) is 0 Å². The number of rotatable bonds is 7. The molecule has 1 rings (SSSR count). The SMILES string of the molecule is CCC(N)C(SC(C)CCO)c1cccc(Cl)c1. The zero-order chi connectivity index (χ0) is 13.5. The monoisotopic (exact) mass is 287 g/mol. The molecule has 102 valence electrons. The summed E-state index contributed by atoms with van der Waals surface area (Å²) in [6, 6.07) is 8.01. The Morgan fingerprint density at radius 1 is 1.44 bits per heavy atom. The van der Waals surface area contributed by atoms with Gasteiger partial charge in [0.05, 0.1) is 0 Å². The predicted octanol–water partition coefficient (Wildman–Crippen LogP) is 3.62. The minimum atomic E-state index is 0.106. The fourth-order valence-electron chi connectivity index (χ4n) is 1.82. The van der Waals surface area contributed by atoms with Gasteiger partial charge >= 0.3 is 0 Å². The van der Waals surface area contributed by atoms with E-state index in [1.807, 2.05) is 30.0 Å². The van der Waals surface area contributed by atoms with Crippen LogP contribution in [0.4, 0.5) is 0 Å².